The quantitative estimate of drug-likeness (QED) is 0.283. The van der Waals surface area contributed by atoms with Crippen molar-refractivity contribution in [3.8, 4) is 0 Å². The molecule has 6 heteroatoms. The van der Waals surface area contributed by atoms with Crippen molar-refractivity contribution in [1.29, 1.82) is 0 Å². The van der Waals surface area contributed by atoms with Crippen LogP contribution in [-0.2, 0) is 19.2 Å². The lowest BCUT2D eigenvalue weighted by Gasteiger charge is -2.53. The van der Waals surface area contributed by atoms with Crippen molar-refractivity contribution in [2.45, 2.75) is 84.7 Å². The van der Waals surface area contributed by atoms with Crippen molar-refractivity contribution in [2.24, 2.45) is 35.0 Å². The summed E-state index contributed by atoms with van der Waals surface area (Å²) in [6.45, 7) is 10.2. The van der Waals surface area contributed by atoms with Crippen molar-refractivity contribution in [1.82, 2.24) is 0 Å². The first-order valence-corrected chi connectivity index (χ1v) is 11.1. The lowest BCUT2D eigenvalue weighted by atomic mass is 9.55. The Kier molecular flexibility index (Phi) is 6.78. The fourth-order valence-electron chi connectivity index (χ4n) is 6.30. The molecule has 2 N–H and O–H groups in total. The number of hydrogen-bond donors (Lipinski definition) is 2. The van der Waals surface area contributed by atoms with E-state index in [2.05, 4.69) is 24.0 Å². The SMILES string of the molecule is CCC1C(COO)OC(O)C1C(C)C(=O)OC(C)(C)C12CC=CC(CC(C)C1)C2. The van der Waals surface area contributed by atoms with Gasteiger partial charge in [-0.3, -0.25) is 10.1 Å². The van der Waals surface area contributed by atoms with Crippen molar-refractivity contribution in [2.75, 3.05) is 6.61 Å². The Morgan fingerprint density at radius 1 is 1.38 bits per heavy atom. The van der Waals surface area contributed by atoms with Gasteiger partial charge in [0.15, 0.2) is 6.29 Å². The van der Waals surface area contributed by atoms with Gasteiger partial charge in [-0.1, -0.05) is 39.3 Å². The zero-order valence-electron chi connectivity index (χ0n) is 18.5. The zero-order chi connectivity index (χ0) is 21.4. The van der Waals surface area contributed by atoms with E-state index >= 15 is 0 Å². The molecule has 2 fully saturated rings. The molecule has 0 spiro atoms. The number of rotatable bonds is 7. The van der Waals surface area contributed by atoms with Gasteiger partial charge in [-0.05, 0) is 57.3 Å². The first-order valence-electron chi connectivity index (χ1n) is 11.1. The predicted molar refractivity (Wildman–Crippen MR) is 109 cm³/mol. The highest BCUT2D eigenvalue weighted by Gasteiger charge is 2.54. The molecular formula is C23H38O6. The molecule has 1 saturated heterocycles. The third-order valence-corrected chi connectivity index (χ3v) is 7.92. The number of aliphatic hydroxyl groups excluding tert-OH is 1. The number of carbonyl (C=O) groups is 1. The molecule has 3 rings (SSSR count). The van der Waals surface area contributed by atoms with Gasteiger partial charge in [-0.15, -0.1) is 0 Å². The van der Waals surface area contributed by atoms with Gasteiger partial charge in [0.25, 0.3) is 0 Å². The number of carbonyl (C=O) groups excluding carboxylic acids is 1. The van der Waals surface area contributed by atoms with Crippen molar-refractivity contribution < 1.29 is 29.5 Å². The number of hydrogen-bond acceptors (Lipinski definition) is 6. The summed E-state index contributed by atoms with van der Waals surface area (Å²) in [4.78, 5) is 17.5. The van der Waals surface area contributed by atoms with Crippen LogP contribution in [0.25, 0.3) is 0 Å². The second-order valence-corrected chi connectivity index (χ2v) is 10.2. The van der Waals surface area contributed by atoms with Crippen LogP contribution in [-0.4, -0.2) is 40.9 Å². The normalized spacial score (nSPS) is 40.7. The lowest BCUT2D eigenvalue weighted by Crippen LogP contribution is -2.52. The van der Waals surface area contributed by atoms with Crippen molar-refractivity contribution >= 4 is 5.97 Å². The fraction of sp³-hybridized carbons (Fsp3) is 0.870. The molecule has 1 heterocycles. The maximum Gasteiger partial charge on any atom is 0.309 e. The molecule has 0 aromatic carbocycles. The standard InChI is InChI=1S/C23H38O6/c1-6-17-18(13-27-26)28-21(25)19(17)15(3)20(24)29-22(4,5)23-9-7-8-16(12-23)10-14(2)11-23/h7-8,14-19,21,25-26H,6,9-13H2,1-5H3. The topological polar surface area (TPSA) is 85.2 Å². The average Bonchev–Trinajstić information content (AvgIpc) is 2.95. The van der Waals surface area contributed by atoms with Crippen molar-refractivity contribution in [3.63, 3.8) is 0 Å². The van der Waals surface area contributed by atoms with Gasteiger partial charge in [-0.2, -0.15) is 0 Å². The molecule has 29 heavy (non-hydrogen) atoms. The minimum Gasteiger partial charge on any atom is -0.459 e. The second kappa shape index (κ2) is 8.66. The van der Waals surface area contributed by atoms with Gasteiger partial charge in [0.1, 0.15) is 12.2 Å². The Morgan fingerprint density at radius 2 is 2.10 bits per heavy atom. The van der Waals surface area contributed by atoms with E-state index in [4.69, 9.17) is 14.7 Å². The van der Waals surface area contributed by atoms with E-state index in [0.29, 0.717) is 18.3 Å². The molecule has 1 saturated carbocycles. The van der Waals surface area contributed by atoms with Crippen LogP contribution in [0.5, 0.6) is 0 Å². The maximum atomic E-state index is 13.2. The van der Waals surface area contributed by atoms with Gasteiger partial charge in [0.2, 0.25) is 0 Å². The van der Waals surface area contributed by atoms with Gasteiger partial charge < -0.3 is 14.6 Å². The van der Waals surface area contributed by atoms with Crippen LogP contribution in [0.15, 0.2) is 12.2 Å². The van der Waals surface area contributed by atoms with Crippen LogP contribution in [0.2, 0.25) is 0 Å². The van der Waals surface area contributed by atoms with E-state index in [-0.39, 0.29) is 29.8 Å². The molecule has 3 aliphatic rings. The van der Waals surface area contributed by atoms with Crippen LogP contribution < -0.4 is 0 Å². The molecule has 8 atom stereocenters. The smallest absolute Gasteiger partial charge is 0.309 e. The highest BCUT2D eigenvalue weighted by atomic mass is 17.1. The van der Waals surface area contributed by atoms with E-state index in [0.717, 1.165) is 19.3 Å². The van der Waals surface area contributed by atoms with Crippen LogP contribution in [0.1, 0.15) is 66.7 Å². The summed E-state index contributed by atoms with van der Waals surface area (Å²) in [5.41, 5.74) is -0.628. The summed E-state index contributed by atoms with van der Waals surface area (Å²) in [6.07, 6.45) is 8.06. The predicted octanol–water partition coefficient (Wildman–Crippen LogP) is 4.18. The summed E-state index contributed by atoms with van der Waals surface area (Å²) in [5, 5.41) is 19.3. The van der Waals surface area contributed by atoms with Gasteiger partial charge in [0.05, 0.1) is 12.0 Å². The summed E-state index contributed by atoms with van der Waals surface area (Å²) in [7, 11) is 0. The Balaban J connectivity index is 1.74. The summed E-state index contributed by atoms with van der Waals surface area (Å²) < 4.78 is 11.8. The molecule has 2 bridgehead atoms. The summed E-state index contributed by atoms with van der Waals surface area (Å²) in [6, 6.07) is 0. The molecule has 0 amide bonds. The molecule has 0 aromatic rings. The zero-order valence-corrected chi connectivity index (χ0v) is 18.5. The number of aliphatic hydroxyl groups is 1. The maximum absolute atomic E-state index is 13.2. The minimum atomic E-state index is -1.07. The largest absolute Gasteiger partial charge is 0.459 e. The molecule has 0 radical (unpaired) electrons. The minimum absolute atomic E-state index is 0.0198. The van der Waals surface area contributed by atoms with E-state index in [1.807, 2.05) is 27.7 Å². The third-order valence-electron chi connectivity index (χ3n) is 7.92. The Morgan fingerprint density at radius 3 is 2.76 bits per heavy atom. The molecule has 8 unspecified atom stereocenters. The number of esters is 1. The highest BCUT2D eigenvalue weighted by Crippen LogP contribution is 2.55. The Bertz CT molecular complexity index is 616. The fourth-order valence-corrected chi connectivity index (χ4v) is 6.30. The molecule has 1 aliphatic heterocycles. The number of ether oxygens (including phenoxy) is 2. The number of fused-ring (bicyclic) bond motifs is 2. The second-order valence-electron chi connectivity index (χ2n) is 10.2. The lowest BCUT2D eigenvalue weighted by molar-refractivity contribution is -0.266. The summed E-state index contributed by atoms with van der Waals surface area (Å²) >= 11 is 0. The van der Waals surface area contributed by atoms with E-state index < -0.39 is 23.9 Å². The van der Waals surface area contributed by atoms with Crippen molar-refractivity contribution in [3.05, 3.63) is 12.2 Å². The van der Waals surface area contributed by atoms with Crippen LogP contribution in [0.4, 0.5) is 0 Å². The molecule has 6 nitrogen and oxygen atoms in total. The molecule has 0 aromatic heterocycles. The van der Waals surface area contributed by atoms with E-state index in [1.54, 1.807) is 0 Å². The first kappa shape index (κ1) is 22.7. The van der Waals surface area contributed by atoms with E-state index in [9.17, 15) is 9.90 Å². The Hall–Kier alpha value is -0.950. The number of allylic oxidation sites excluding steroid dienone is 2. The monoisotopic (exact) mass is 410 g/mol. The molecule has 2 aliphatic carbocycles. The van der Waals surface area contributed by atoms with Gasteiger partial charge in [0, 0.05) is 11.3 Å². The first-order chi connectivity index (χ1) is 13.6. The highest BCUT2D eigenvalue weighted by molar-refractivity contribution is 5.73. The third kappa shape index (κ3) is 4.27. The van der Waals surface area contributed by atoms with Gasteiger partial charge >= 0.3 is 5.97 Å². The molecular weight excluding hydrogens is 372 g/mol. The summed E-state index contributed by atoms with van der Waals surface area (Å²) in [5.74, 6) is -0.0851. The molecule has 166 valence electrons. The average molecular weight is 411 g/mol. The Labute approximate surface area is 174 Å². The van der Waals surface area contributed by atoms with Gasteiger partial charge in [-0.25, -0.2) is 4.89 Å². The van der Waals surface area contributed by atoms with Crippen LogP contribution in [0.3, 0.4) is 0 Å². The van der Waals surface area contributed by atoms with Crippen LogP contribution >= 0.6 is 0 Å². The van der Waals surface area contributed by atoms with E-state index in [1.165, 1.54) is 6.42 Å². The van der Waals surface area contributed by atoms with Crippen LogP contribution in [0, 0.1) is 35.0 Å².